The molecule has 0 amide bonds. The number of nitrogens with two attached hydrogens (primary N) is 1. The molecule has 1 aromatic heterocycles. The summed E-state index contributed by atoms with van der Waals surface area (Å²) in [4.78, 5) is 2.48. The third-order valence-electron chi connectivity index (χ3n) is 3.56. The molecule has 0 aromatic carbocycles. The molecule has 0 aliphatic carbocycles. The van der Waals surface area contributed by atoms with Crippen molar-refractivity contribution < 1.29 is 8.42 Å². The Balaban J connectivity index is 2.74. The second-order valence-electron chi connectivity index (χ2n) is 4.99. The number of nitrogens with one attached hydrogen (secondary N) is 1. The molecule has 0 unspecified atom stereocenters. The second kappa shape index (κ2) is 8.53. The molecule has 122 valence electrons. The van der Waals surface area contributed by atoms with Gasteiger partial charge >= 0.3 is 0 Å². The molecule has 0 saturated carbocycles. The van der Waals surface area contributed by atoms with Crippen LogP contribution in [-0.4, -0.2) is 44.1 Å². The fraction of sp³-hybridized carbons (Fsp3) is 0.714. The minimum atomic E-state index is -3.46. The molecule has 7 heteroatoms. The number of likely N-dealkylation sites (N-methyl/N-ethyl adjacent to an activating group) is 1. The summed E-state index contributed by atoms with van der Waals surface area (Å²) >= 11 is 0. The van der Waals surface area contributed by atoms with Crippen LogP contribution >= 0.6 is 0 Å². The summed E-state index contributed by atoms with van der Waals surface area (Å²) in [6.07, 6.45) is 2.61. The van der Waals surface area contributed by atoms with Gasteiger partial charge in [0, 0.05) is 38.1 Å². The number of hydrogen-bond acceptors (Lipinski definition) is 4. The predicted octanol–water partition coefficient (Wildman–Crippen LogP) is 0.977. The van der Waals surface area contributed by atoms with Gasteiger partial charge in [0.05, 0.1) is 4.90 Å². The largest absolute Gasteiger partial charge is 0.349 e. The van der Waals surface area contributed by atoms with Crippen LogP contribution in [-0.2, 0) is 23.1 Å². The summed E-state index contributed by atoms with van der Waals surface area (Å²) in [5.74, 6) is 0. The second-order valence-corrected chi connectivity index (χ2v) is 6.76. The first-order valence-corrected chi connectivity index (χ1v) is 9.07. The Morgan fingerprint density at radius 1 is 1.29 bits per heavy atom. The van der Waals surface area contributed by atoms with Crippen molar-refractivity contribution in [1.82, 2.24) is 14.2 Å². The Morgan fingerprint density at radius 3 is 2.48 bits per heavy atom. The molecule has 3 N–H and O–H groups in total. The topological polar surface area (TPSA) is 80.4 Å². The van der Waals surface area contributed by atoms with E-state index in [0.29, 0.717) is 24.5 Å². The fourth-order valence-electron chi connectivity index (χ4n) is 2.25. The number of aryl methyl sites for hydroxylation is 1. The van der Waals surface area contributed by atoms with E-state index >= 15 is 0 Å². The van der Waals surface area contributed by atoms with Crippen molar-refractivity contribution in [2.75, 3.05) is 26.2 Å². The molecule has 0 fully saturated rings. The molecule has 21 heavy (non-hydrogen) atoms. The smallest absolute Gasteiger partial charge is 0.242 e. The molecule has 6 nitrogen and oxygen atoms in total. The maximum Gasteiger partial charge on any atom is 0.242 e. The van der Waals surface area contributed by atoms with Crippen LogP contribution in [0.15, 0.2) is 17.2 Å². The van der Waals surface area contributed by atoms with Gasteiger partial charge in [-0.05, 0) is 25.6 Å². The highest BCUT2D eigenvalue weighted by Gasteiger charge is 2.17. The summed E-state index contributed by atoms with van der Waals surface area (Å²) in [6.45, 7) is 10.3. The van der Waals surface area contributed by atoms with Crippen LogP contribution in [0.1, 0.15) is 32.9 Å². The van der Waals surface area contributed by atoms with Crippen LogP contribution in [0.3, 0.4) is 0 Å². The number of aromatic nitrogens is 1. The van der Waals surface area contributed by atoms with E-state index in [4.69, 9.17) is 5.73 Å². The maximum atomic E-state index is 12.3. The summed E-state index contributed by atoms with van der Waals surface area (Å²) in [5.41, 5.74) is 6.52. The van der Waals surface area contributed by atoms with E-state index in [9.17, 15) is 8.42 Å². The van der Waals surface area contributed by atoms with Gasteiger partial charge < -0.3 is 15.2 Å². The molecule has 0 aliphatic heterocycles. The number of sulfonamides is 1. The Morgan fingerprint density at radius 2 is 1.95 bits per heavy atom. The quantitative estimate of drug-likeness (QED) is 0.674. The molecular formula is C14H28N4O2S. The zero-order chi connectivity index (χ0) is 15.9. The van der Waals surface area contributed by atoms with E-state index in [1.165, 1.54) is 0 Å². The lowest BCUT2D eigenvalue weighted by atomic mass is 10.4. The predicted molar refractivity (Wildman–Crippen MR) is 85.6 cm³/mol. The van der Waals surface area contributed by atoms with Crippen molar-refractivity contribution in [1.29, 1.82) is 0 Å². The molecule has 1 heterocycles. The minimum absolute atomic E-state index is 0.302. The van der Waals surface area contributed by atoms with Crippen LogP contribution in [0.4, 0.5) is 0 Å². The highest BCUT2D eigenvalue weighted by atomic mass is 32.2. The van der Waals surface area contributed by atoms with Gasteiger partial charge in [-0.1, -0.05) is 20.8 Å². The summed E-state index contributed by atoms with van der Waals surface area (Å²) in [7, 11) is -3.46. The van der Waals surface area contributed by atoms with Gasteiger partial charge in [0.2, 0.25) is 10.0 Å². The average molecular weight is 316 g/mol. The third-order valence-corrected chi connectivity index (χ3v) is 4.99. The Labute approximate surface area is 128 Å². The Kier molecular flexibility index (Phi) is 7.37. The van der Waals surface area contributed by atoms with Gasteiger partial charge in [0.15, 0.2) is 0 Å². The monoisotopic (exact) mass is 316 g/mol. The van der Waals surface area contributed by atoms with Crippen molar-refractivity contribution in [2.24, 2.45) is 5.73 Å². The molecule has 0 spiro atoms. The van der Waals surface area contributed by atoms with Crippen LogP contribution in [0.2, 0.25) is 0 Å². The first kappa shape index (κ1) is 18.2. The SMILES string of the molecule is CCCn1cc(S(=O)(=O)NCCN(CC)CC)cc1CN. The normalized spacial score (nSPS) is 12.2. The van der Waals surface area contributed by atoms with Gasteiger partial charge in [-0.25, -0.2) is 13.1 Å². The lowest BCUT2D eigenvalue weighted by Crippen LogP contribution is -2.34. The lowest BCUT2D eigenvalue weighted by molar-refractivity contribution is 0.309. The van der Waals surface area contributed by atoms with Gasteiger partial charge in [0.1, 0.15) is 0 Å². The molecule has 0 aliphatic rings. The number of hydrogen-bond donors (Lipinski definition) is 2. The van der Waals surface area contributed by atoms with Gasteiger partial charge in [-0.15, -0.1) is 0 Å². The minimum Gasteiger partial charge on any atom is -0.349 e. The van der Waals surface area contributed by atoms with E-state index in [2.05, 4.69) is 30.4 Å². The number of nitrogens with zero attached hydrogens (tertiary/aromatic N) is 2. The Bertz CT molecular complexity index is 521. The molecular weight excluding hydrogens is 288 g/mol. The van der Waals surface area contributed by atoms with Gasteiger partial charge in [-0.2, -0.15) is 0 Å². The van der Waals surface area contributed by atoms with E-state index in [0.717, 1.165) is 31.7 Å². The van der Waals surface area contributed by atoms with E-state index in [1.54, 1.807) is 12.3 Å². The highest BCUT2D eigenvalue weighted by molar-refractivity contribution is 7.89. The van der Waals surface area contributed by atoms with Crippen molar-refractivity contribution >= 4 is 10.0 Å². The zero-order valence-electron chi connectivity index (χ0n) is 13.3. The van der Waals surface area contributed by atoms with Gasteiger partial charge in [0.25, 0.3) is 0 Å². The van der Waals surface area contributed by atoms with Gasteiger partial charge in [-0.3, -0.25) is 0 Å². The molecule has 0 bridgehead atoms. The zero-order valence-corrected chi connectivity index (χ0v) is 14.1. The van der Waals surface area contributed by atoms with Crippen molar-refractivity contribution in [3.8, 4) is 0 Å². The first-order chi connectivity index (χ1) is 9.98. The first-order valence-electron chi connectivity index (χ1n) is 7.59. The summed E-state index contributed by atoms with van der Waals surface area (Å²) in [6, 6.07) is 1.66. The lowest BCUT2D eigenvalue weighted by Gasteiger charge is -2.17. The van der Waals surface area contributed by atoms with E-state index in [1.807, 2.05) is 4.57 Å². The molecule has 0 radical (unpaired) electrons. The summed E-state index contributed by atoms with van der Waals surface area (Å²) in [5, 5.41) is 0. The summed E-state index contributed by atoms with van der Waals surface area (Å²) < 4.78 is 29.2. The maximum absolute atomic E-state index is 12.3. The Hall–Kier alpha value is -0.890. The van der Waals surface area contributed by atoms with Crippen molar-refractivity contribution in [2.45, 2.75) is 45.2 Å². The van der Waals surface area contributed by atoms with E-state index < -0.39 is 10.0 Å². The van der Waals surface area contributed by atoms with Crippen LogP contribution < -0.4 is 10.5 Å². The van der Waals surface area contributed by atoms with Crippen LogP contribution in [0, 0.1) is 0 Å². The van der Waals surface area contributed by atoms with Crippen LogP contribution in [0.5, 0.6) is 0 Å². The van der Waals surface area contributed by atoms with Crippen molar-refractivity contribution in [3.63, 3.8) is 0 Å². The van der Waals surface area contributed by atoms with Crippen LogP contribution in [0.25, 0.3) is 0 Å². The molecule has 0 saturated heterocycles. The third kappa shape index (κ3) is 5.10. The van der Waals surface area contributed by atoms with Crippen molar-refractivity contribution in [3.05, 3.63) is 18.0 Å². The number of rotatable bonds is 10. The highest BCUT2D eigenvalue weighted by Crippen LogP contribution is 2.14. The van der Waals surface area contributed by atoms with E-state index in [-0.39, 0.29) is 0 Å². The average Bonchev–Trinajstić information content (AvgIpc) is 2.88. The molecule has 1 rings (SSSR count). The molecule has 0 atom stereocenters. The molecule has 1 aromatic rings. The fourth-order valence-corrected chi connectivity index (χ4v) is 3.34. The standard InChI is InChI=1S/C14H28N4O2S/c1-4-8-18-12-14(10-13(18)11-15)21(19,20)16-7-9-17(5-2)6-3/h10,12,16H,4-9,11,15H2,1-3H3.